The van der Waals surface area contributed by atoms with Gasteiger partial charge in [-0.25, -0.2) is 9.37 Å². The lowest BCUT2D eigenvalue weighted by atomic mass is 9.61. The van der Waals surface area contributed by atoms with E-state index in [0.717, 1.165) is 40.7 Å². The van der Waals surface area contributed by atoms with Crippen LogP contribution in [-0.4, -0.2) is 30.5 Å². The summed E-state index contributed by atoms with van der Waals surface area (Å²) in [5, 5.41) is 7.17. The molecule has 0 radical (unpaired) electrons. The molecule has 184 valence electrons. The predicted octanol–water partition coefficient (Wildman–Crippen LogP) is 5.56. The summed E-state index contributed by atoms with van der Waals surface area (Å²) >= 11 is 0. The van der Waals surface area contributed by atoms with Gasteiger partial charge in [0.15, 0.2) is 0 Å². The Morgan fingerprint density at radius 2 is 1.86 bits per heavy atom. The first-order chi connectivity index (χ1) is 16.6. The molecule has 1 aliphatic rings. The van der Waals surface area contributed by atoms with Crippen LogP contribution in [0.3, 0.4) is 0 Å². The summed E-state index contributed by atoms with van der Waals surface area (Å²) in [5.74, 6) is 0.344. The Kier molecular flexibility index (Phi) is 7.05. The van der Waals surface area contributed by atoms with E-state index in [1.165, 1.54) is 19.2 Å². The zero-order valence-corrected chi connectivity index (χ0v) is 20.7. The topological polar surface area (TPSA) is 80.3 Å². The molecule has 1 aliphatic carbocycles. The molecular formula is C28H32FN3O3. The zero-order chi connectivity index (χ0) is 25.2. The molecule has 0 unspecified atom stereocenters. The van der Waals surface area contributed by atoms with E-state index in [0.29, 0.717) is 16.9 Å². The number of esters is 1. The van der Waals surface area contributed by atoms with Gasteiger partial charge in [-0.05, 0) is 78.6 Å². The minimum atomic E-state index is -0.360. The lowest BCUT2D eigenvalue weighted by Crippen LogP contribution is -2.38. The molecule has 1 amide bonds. The average molecular weight is 478 g/mol. The molecule has 4 rings (SSSR count). The van der Waals surface area contributed by atoms with E-state index in [2.05, 4.69) is 29.2 Å². The number of benzene rings is 2. The minimum absolute atomic E-state index is 0.0311. The van der Waals surface area contributed by atoms with E-state index < -0.39 is 0 Å². The Bertz CT molecular complexity index is 1230. The number of aryl methyl sites for hydroxylation is 1. The molecule has 35 heavy (non-hydrogen) atoms. The van der Waals surface area contributed by atoms with Crippen LogP contribution >= 0.6 is 0 Å². The van der Waals surface area contributed by atoms with Crippen LogP contribution in [0.25, 0.3) is 10.9 Å². The SMILES string of the molecule is COC(=O)CCNC(=O)c1ccc([C@H](Nc2nc3ccc(F)cc3cc2C)C2CC(C)(C)C2)cc1. The van der Waals surface area contributed by atoms with E-state index in [1.54, 1.807) is 6.07 Å². The summed E-state index contributed by atoms with van der Waals surface area (Å²) in [6.45, 7) is 6.75. The van der Waals surface area contributed by atoms with Crippen LogP contribution in [-0.2, 0) is 9.53 Å². The molecule has 1 saturated carbocycles. The first-order valence-electron chi connectivity index (χ1n) is 11.9. The number of carbonyl (C=O) groups is 2. The molecule has 7 heteroatoms. The summed E-state index contributed by atoms with van der Waals surface area (Å²) in [6.07, 6.45) is 2.30. The number of hydrogen-bond donors (Lipinski definition) is 2. The average Bonchev–Trinajstić information content (AvgIpc) is 2.81. The molecule has 1 atom stereocenters. The number of rotatable bonds is 8. The quantitative estimate of drug-likeness (QED) is 0.415. The van der Waals surface area contributed by atoms with E-state index in [9.17, 15) is 14.0 Å². The molecule has 6 nitrogen and oxygen atoms in total. The Labute approximate surface area is 205 Å². The van der Waals surface area contributed by atoms with Crippen LogP contribution < -0.4 is 10.6 Å². The number of aromatic nitrogens is 1. The fourth-order valence-electron chi connectivity index (χ4n) is 4.94. The van der Waals surface area contributed by atoms with Crippen molar-refractivity contribution in [2.75, 3.05) is 19.0 Å². The van der Waals surface area contributed by atoms with E-state index >= 15 is 0 Å². The molecule has 1 aromatic heterocycles. The second kappa shape index (κ2) is 10.0. The second-order valence-corrected chi connectivity index (χ2v) is 10.1. The summed E-state index contributed by atoms with van der Waals surface area (Å²) in [4.78, 5) is 28.5. The third kappa shape index (κ3) is 5.78. The van der Waals surface area contributed by atoms with Gasteiger partial charge in [-0.15, -0.1) is 0 Å². The zero-order valence-electron chi connectivity index (χ0n) is 20.7. The van der Waals surface area contributed by atoms with Gasteiger partial charge in [0.1, 0.15) is 11.6 Å². The first-order valence-corrected chi connectivity index (χ1v) is 11.9. The summed E-state index contributed by atoms with van der Waals surface area (Å²) in [6, 6.07) is 14.2. The normalized spacial score (nSPS) is 15.8. The molecule has 2 aromatic carbocycles. The number of nitrogens with one attached hydrogen (secondary N) is 2. The first kappa shape index (κ1) is 24.6. The highest BCUT2D eigenvalue weighted by atomic mass is 19.1. The van der Waals surface area contributed by atoms with Gasteiger partial charge < -0.3 is 15.4 Å². The molecule has 3 aromatic rings. The molecule has 0 aliphatic heterocycles. The van der Waals surface area contributed by atoms with Gasteiger partial charge in [-0.2, -0.15) is 0 Å². The predicted molar refractivity (Wildman–Crippen MR) is 135 cm³/mol. The van der Waals surface area contributed by atoms with Crippen molar-refractivity contribution in [3.8, 4) is 0 Å². The molecule has 0 bridgehead atoms. The third-order valence-electron chi connectivity index (χ3n) is 6.73. The van der Waals surface area contributed by atoms with E-state index in [1.807, 2.05) is 37.3 Å². The number of methoxy groups -OCH3 is 1. The molecule has 2 N–H and O–H groups in total. The molecule has 1 fully saturated rings. The van der Waals surface area contributed by atoms with Gasteiger partial charge in [0.25, 0.3) is 5.91 Å². The number of anilines is 1. The van der Waals surface area contributed by atoms with Crippen molar-refractivity contribution in [2.45, 2.75) is 46.1 Å². The summed E-state index contributed by atoms with van der Waals surface area (Å²) in [7, 11) is 1.32. The van der Waals surface area contributed by atoms with Gasteiger partial charge in [0.05, 0.1) is 25.1 Å². The number of ether oxygens (including phenoxy) is 1. The van der Waals surface area contributed by atoms with Crippen molar-refractivity contribution in [3.05, 3.63) is 71.0 Å². The van der Waals surface area contributed by atoms with Crippen LogP contribution in [0.2, 0.25) is 0 Å². The number of fused-ring (bicyclic) bond motifs is 1. The Balaban J connectivity index is 1.54. The van der Waals surface area contributed by atoms with Crippen LogP contribution in [0, 0.1) is 24.1 Å². The van der Waals surface area contributed by atoms with Crippen molar-refractivity contribution in [2.24, 2.45) is 11.3 Å². The van der Waals surface area contributed by atoms with Crippen molar-refractivity contribution in [3.63, 3.8) is 0 Å². The lowest BCUT2D eigenvalue weighted by Gasteiger charge is -2.47. The summed E-state index contributed by atoms with van der Waals surface area (Å²) < 4.78 is 18.2. The van der Waals surface area contributed by atoms with Crippen LogP contribution in [0.4, 0.5) is 10.2 Å². The van der Waals surface area contributed by atoms with E-state index in [-0.39, 0.29) is 36.7 Å². The van der Waals surface area contributed by atoms with E-state index in [4.69, 9.17) is 4.98 Å². The maximum atomic E-state index is 13.6. The molecular weight excluding hydrogens is 445 g/mol. The second-order valence-electron chi connectivity index (χ2n) is 10.1. The van der Waals surface area contributed by atoms with Crippen molar-refractivity contribution in [1.82, 2.24) is 10.3 Å². The van der Waals surface area contributed by atoms with Gasteiger partial charge in [0.2, 0.25) is 0 Å². The number of halogens is 1. The van der Waals surface area contributed by atoms with Crippen LogP contribution in [0.1, 0.15) is 60.6 Å². The smallest absolute Gasteiger partial charge is 0.307 e. The Morgan fingerprint density at radius 1 is 1.14 bits per heavy atom. The number of amides is 1. The maximum Gasteiger partial charge on any atom is 0.307 e. The van der Waals surface area contributed by atoms with Gasteiger partial charge in [0, 0.05) is 17.5 Å². The van der Waals surface area contributed by atoms with Crippen molar-refractivity contribution >= 4 is 28.6 Å². The van der Waals surface area contributed by atoms with Crippen LogP contribution in [0.15, 0.2) is 48.5 Å². The highest BCUT2D eigenvalue weighted by molar-refractivity contribution is 5.94. The standard InChI is InChI=1S/C28H32FN3O3/c1-17-13-20-14-22(29)9-10-23(20)31-26(17)32-25(21-15-28(2,3)16-21)18-5-7-19(8-6-18)27(34)30-12-11-24(33)35-4/h5-10,13-14,21,25H,11-12,15-16H2,1-4H3,(H,30,34)(H,31,32)/t25-/m0/s1. The van der Waals surface area contributed by atoms with Crippen LogP contribution in [0.5, 0.6) is 0 Å². The highest BCUT2D eigenvalue weighted by Gasteiger charge is 2.41. The molecule has 0 spiro atoms. The maximum absolute atomic E-state index is 13.6. The fourth-order valence-corrected chi connectivity index (χ4v) is 4.94. The summed E-state index contributed by atoms with van der Waals surface area (Å²) in [5.41, 5.74) is 3.61. The van der Waals surface area contributed by atoms with Crippen molar-refractivity contribution in [1.29, 1.82) is 0 Å². The number of hydrogen-bond acceptors (Lipinski definition) is 5. The molecule has 0 saturated heterocycles. The van der Waals surface area contributed by atoms with Gasteiger partial charge in [-0.3, -0.25) is 9.59 Å². The van der Waals surface area contributed by atoms with Gasteiger partial charge in [-0.1, -0.05) is 26.0 Å². The van der Waals surface area contributed by atoms with Gasteiger partial charge >= 0.3 is 5.97 Å². The monoisotopic (exact) mass is 477 g/mol. The fraction of sp³-hybridized carbons (Fsp3) is 0.393. The number of nitrogens with zero attached hydrogens (tertiary/aromatic N) is 1. The minimum Gasteiger partial charge on any atom is -0.469 e. The number of carbonyl (C=O) groups excluding carboxylic acids is 2. The third-order valence-corrected chi connectivity index (χ3v) is 6.73. The molecule has 1 heterocycles. The number of pyridine rings is 1. The Hall–Kier alpha value is -3.48. The lowest BCUT2D eigenvalue weighted by molar-refractivity contribution is -0.140. The largest absolute Gasteiger partial charge is 0.469 e. The highest BCUT2D eigenvalue weighted by Crippen LogP contribution is 2.51. The van der Waals surface area contributed by atoms with Crippen molar-refractivity contribution < 1.29 is 18.7 Å². The Morgan fingerprint density at radius 3 is 2.51 bits per heavy atom.